The Morgan fingerprint density at radius 2 is 2.40 bits per heavy atom. The maximum atomic E-state index is 12.6. The van der Waals surface area contributed by atoms with Gasteiger partial charge in [0.05, 0.1) is 25.0 Å². The summed E-state index contributed by atoms with van der Waals surface area (Å²) in [6, 6.07) is 3.38. The van der Waals surface area contributed by atoms with Gasteiger partial charge in [-0.25, -0.2) is 13.4 Å². The number of pyridine rings is 1. The molecule has 0 amide bonds. The van der Waals surface area contributed by atoms with E-state index in [4.69, 9.17) is 9.84 Å². The molecular weight excluding hydrogens is 282 g/mol. The van der Waals surface area contributed by atoms with Crippen LogP contribution in [0.2, 0.25) is 0 Å². The Labute approximate surface area is 118 Å². The topological polar surface area (TPSA) is 91.8 Å². The lowest BCUT2D eigenvalue weighted by molar-refractivity contribution is -0.0305. The van der Waals surface area contributed by atoms with Crippen LogP contribution in [0, 0.1) is 0 Å². The molecule has 0 bridgehead atoms. The first-order valence-electron chi connectivity index (χ1n) is 6.51. The van der Waals surface area contributed by atoms with Crippen molar-refractivity contribution in [3.05, 3.63) is 18.3 Å². The lowest BCUT2D eigenvalue weighted by Gasteiger charge is -2.31. The number of anilines is 1. The third-order valence-corrected chi connectivity index (χ3v) is 4.85. The van der Waals surface area contributed by atoms with E-state index in [1.807, 2.05) is 6.92 Å². The van der Waals surface area contributed by atoms with E-state index in [2.05, 4.69) is 10.3 Å². The van der Waals surface area contributed by atoms with Crippen LogP contribution in [-0.4, -0.2) is 61.8 Å². The summed E-state index contributed by atoms with van der Waals surface area (Å²) in [4.78, 5) is 4.00. The molecule has 0 aromatic carbocycles. The first kappa shape index (κ1) is 15.2. The van der Waals surface area contributed by atoms with Gasteiger partial charge in [-0.3, -0.25) is 0 Å². The summed E-state index contributed by atoms with van der Waals surface area (Å²) in [7, 11) is -3.69. The fraction of sp³-hybridized carbons (Fsp3) is 0.583. The smallest absolute Gasteiger partial charge is 0.262 e. The van der Waals surface area contributed by atoms with Crippen molar-refractivity contribution in [2.45, 2.75) is 18.1 Å². The molecule has 1 unspecified atom stereocenters. The second kappa shape index (κ2) is 6.49. The first-order chi connectivity index (χ1) is 9.59. The van der Waals surface area contributed by atoms with Crippen molar-refractivity contribution in [2.24, 2.45) is 0 Å². The number of hydrogen-bond donors (Lipinski definition) is 2. The number of aromatic nitrogens is 1. The highest BCUT2D eigenvalue weighted by molar-refractivity contribution is 7.89. The van der Waals surface area contributed by atoms with Crippen molar-refractivity contribution in [2.75, 3.05) is 38.2 Å². The predicted molar refractivity (Wildman–Crippen MR) is 74.0 cm³/mol. The molecule has 0 aliphatic carbocycles. The average molecular weight is 301 g/mol. The van der Waals surface area contributed by atoms with E-state index in [1.54, 1.807) is 12.1 Å². The van der Waals surface area contributed by atoms with E-state index in [1.165, 1.54) is 10.5 Å². The summed E-state index contributed by atoms with van der Waals surface area (Å²) in [6.07, 6.45) is 0.974. The van der Waals surface area contributed by atoms with Crippen LogP contribution < -0.4 is 5.32 Å². The van der Waals surface area contributed by atoms with Gasteiger partial charge in [-0.2, -0.15) is 4.31 Å². The summed E-state index contributed by atoms with van der Waals surface area (Å²) < 4.78 is 31.8. The molecular formula is C12H19N3O4S. The van der Waals surface area contributed by atoms with Crippen molar-refractivity contribution in [1.82, 2.24) is 9.29 Å². The van der Waals surface area contributed by atoms with Crippen LogP contribution in [0.5, 0.6) is 0 Å². The number of nitrogens with zero attached hydrogens (tertiary/aromatic N) is 2. The second-order valence-corrected chi connectivity index (χ2v) is 6.28. The molecule has 1 fully saturated rings. The molecule has 1 aromatic heterocycles. The average Bonchev–Trinajstić information content (AvgIpc) is 2.48. The Morgan fingerprint density at radius 1 is 1.60 bits per heavy atom. The minimum Gasteiger partial charge on any atom is -0.394 e. The van der Waals surface area contributed by atoms with Crippen molar-refractivity contribution >= 4 is 15.7 Å². The number of nitrogens with one attached hydrogen (secondary N) is 1. The van der Waals surface area contributed by atoms with Gasteiger partial charge in [-0.1, -0.05) is 0 Å². The van der Waals surface area contributed by atoms with Crippen LogP contribution in [0.15, 0.2) is 23.4 Å². The highest BCUT2D eigenvalue weighted by Crippen LogP contribution is 2.23. The van der Waals surface area contributed by atoms with Crippen LogP contribution in [-0.2, 0) is 14.8 Å². The van der Waals surface area contributed by atoms with Crippen molar-refractivity contribution in [1.29, 1.82) is 0 Å². The molecule has 8 heteroatoms. The van der Waals surface area contributed by atoms with E-state index in [0.29, 0.717) is 12.2 Å². The van der Waals surface area contributed by atoms with E-state index in [9.17, 15) is 8.42 Å². The molecule has 0 spiro atoms. The van der Waals surface area contributed by atoms with Gasteiger partial charge in [-0.05, 0) is 19.1 Å². The van der Waals surface area contributed by atoms with Crippen LogP contribution in [0.3, 0.4) is 0 Å². The standard InChI is InChI=1S/C12H19N3O4S/c1-2-13-11-4-3-5-14-12(11)20(17,18)15-6-7-19-10(8-15)9-16/h3-5,10,13,16H,2,6-9H2,1H3. The van der Waals surface area contributed by atoms with Gasteiger partial charge in [0.25, 0.3) is 10.0 Å². The number of aliphatic hydroxyl groups excluding tert-OH is 1. The maximum Gasteiger partial charge on any atom is 0.262 e. The minimum atomic E-state index is -3.69. The highest BCUT2D eigenvalue weighted by Gasteiger charge is 2.32. The van der Waals surface area contributed by atoms with Gasteiger partial charge in [0.1, 0.15) is 0 Å². The number of hydrogen-bond acceptors (Lipinski definition) is 6. The molecule has 2 N–H and O–H groups in total. The number of morpholine rings is 1. The summed E-state index contributed by atoms with van der Waals surface area (Å²) in [5.41, 5.74) is 0.488. The van der Waals surface area contributed by atoms with Crippen molar-refractivity contribution in [3.8, 4) is 0 Å². The molecule has 2 heterocycles. The maximum absolute atomic E-state index is 12.6. The summed E-state index contributed by atoms with van der Waals surface area (Å²) in [5.74, 6) is 0. The number of aliphatic hydroxyl groups is 1. The van der Waals surface area contributed by atoms with Gasteiger partial charge < -0.3 is 15.2 Å². The number of rotatable bonds is 5. The monoisotopic (exact) mass is 301 g/mol. The Morgan fingerprint density at radius 3 is 3.10 bits per heavy atom. The third kappa shape index (κ3) is 3.09. The van der Waals surface area contributed by atoms with Crippen molar-refractivity contribution in [3.63, 3.8) is 0 Å². The zero-order valence-corrected chi connectivity index (χ0v) is 12.1. The zero-order valence-electron chi connectivity index (χ0n) is 11.3. The van der Waals surface area contributed by atoms with E-state index in [-0.39, 0.29) is 31.3 Å². The molecule has 112 valence electrons. The lowest BCUT2D eigenvalue weighted by atomic mass is 10.3. The molecule has 0 saturated carbocycles. The van der Waals surface area contributed by atoms with Crippen LogP contribution in [0.4, 0.5) is 5.69 Å². The van der Waals surface area contributed by atoms with Gasteiger partial charge in [-0.15, -0.1) is 0 Å². The SMILES string of the molecule is CCNc1cccnc1S(=O)(=O)N1CCOC(CO)C1. The number of sulfonamides is 1. The fourth-order valence-electron chi connectivity index (χ4n) is 2.06. The Hall–Kier alpha value is -1.22. The van der Waals surface area contributed by atoms with Crippen molar-refractivity contribution < 1.29 is 18.3 Å². The molecule has 1 atom stereocenters. The first-order valence-corrected chi connectivity index (χ1v) is 7.95. The van der Waals surface area contributed by atoms with Gasteiger partial charge in [0.15, 0.2) is 5.03 Å². The normalized spacial score (nSPS) is 20.8. The van der Waals surface area contributed by atoms with Crippen LogP contribution in [0.25, 0.3) is 0 Å². The van der Waals surface area contributed by atoms with Gasteiger partial charge >= 0.3 is 0 Å². The predicted octanol–water partition coefficient (Wildman–Crippen LogP) is -0.105. The lowest BCUT2D eigenvalue weighted by Crippen LogP contribution is -2.47. The fourth-order valence-corrected chi connectivity index (χ4v) is 3.60. The van der Waals surface area contributed by atoms with E-state index in [0.717, 1.165) is 0 Å². The summed E-state index contributed by atoms with van der Waals surface area (Å²) in [6.45, 7) is 2.97. The highest BCUT2D eigenvalue weighted by atomic mass is 32.2. The molecule has 1 aromatic rings. The Kier molecular flexibility index (Phi) is 4.92. The molecule has 20 heavy (non-hydrogen) atoms. The minimum absolute atomic E-state index is 0.0143. The molecule has 2 rings (SSSR count). The second-order valence-electron chi connectivity index (χ2n) is 4.42. The molecule has 0 radical (unpaired) electrons. The van der Waals surface area contributed by atoms with Gasteiger partial charge in [0.2, 0.25) is 0 Å². The van der Waals surface area contributed by atoms with Gasteiger partial charge in [0, 0.05) is 25.8 Å². The zero-order chi connectivity index (χ0) is 14.6. The molecule has 7 nitrogen and oxygen atoms in total. The summed E-state index contributed by atoms with van der Waals surface area (Å²) in [5, 5.41) is 12.1. The van der Waals surface area contributed by atoms with Crippen LogP contribution in [0.1, 0.15) is 6.92 Å². The van der Waals surface area contributed by atoms with E-state index < -0.39 is 16.1 Å². The molecule has 1 saturated heterocycles. The Bertz CT molecular complexity index is 549. The number of ether oxygens (including phenoxy) is 1. The Balaban J connectivity index is 2.30. The largest absolute Gasteiger partial charge is 0.394 e. The third-order valence-electron chi connectivity index (χ3n) is 3.03. The quantitative estimate of drug-likeness (QED) is 0.789. The molecule has 1 aliphatic heterocycles. The van der Waals surface area contributed by atoms with Crippen LogP contribution >= 0.6 is 0 Å². The molecule has 1 aliphatic rings. The van der Waals surface area contributed by atoms with E-state index >= 15 is 0 Å². The summed E-state index contributed by atoms with van der Waals surface area (Å²) >= 11 is 0.